The van der Waals surface area contributed by atoms with Crippen molar-refractivity contribution in [3.05, 3.63) is 90.5 Å². The van der Waals surface area contributed by atoms with Crippen molar-refractivity contribution in [3.63, 3.8) is 0 Å². The smallest absolute Gasteiger partial charge is 0.338 e. The van der Waals surface area contributed by atoms with Crippen LogP contribution < -0.4 is 16.6 Å². The van der Waals surface area contributed by atoms with Gasteiger partial charge in [-0.25, -0.2) is 9.36 Å². The van der Waals surface area contributed by atoms with E-state index in [1.807, 2.05) is 24.3 Å². The predicted molar refractivity (Wildman–Crippen MR) is 128 cm³/mol. The molecule has 0 atom stereocenters. The Morgan fingerprint density at radius 3 is 2.25 bits per heavy atom. The Morgan fingerprint density at radius 1 is 1.06 bits per heavy atom. The zero-order valence-electron chi connectivity index (χ0n) is 18.5. The minimum atomic E-state index is -0.846. The molecule has 1 aromatic heterocycles. The van der Waals surface area contributed by atoms with Gasteiger partial charge >= 0.3 is 5.69 Å². The van der Waals surface area contributed by atoms with Crippen LogP contribution in [0.1, 0.15) is 49.2 Å². The van der Waals surface area contributed by atoms with E-state index in [0.717, 1.165) is 20.3 Å². The van der Waals surface area contributed by atoms with Gasteiger partial charge in [0.05, 0.1) is 12.2 Å². The zero-order valence-corrected chi connectivity index (χ0v) is 20.1. The molecule has 3 rings (SSSR count). The fourth-order valence-electron chi connectivity index (χ4n) is 3.37. The highest BCUT2D eigenvalue weighted by Crippen LogP contribution is 2.25. The molecule has 0 spiro atoms. The maximum Gasteiger partial charge on any atom is 0.338 e. The minimum absolute atomic E-state index is 0.0361. The summed E-state index contributed by atoms with van der Waals surface area (Å²) in [6.07, 6.45) is 0. The molecule has 0 fully saturated rings. The van der Waals surface area contributed by atoms with Crippen molar-refractivity contribution in [1.82, 2.24) is 14.5 Å². The summed E-state index contributed by atoms with van der Waals surface area (Å²) in [5.41, 5.74) is 0.0577. The molecule has 2 aromatic carbocycles. The van der Waals surface area contributed by atoms with Crippen LogP contribution in [0.25, 0.3) is 5.69 Å². The van der Waals surface area contributed by atoms with E-state index in [9.17, 15) is 19.5 Å². The first kappa shape index (κ1) is 23.5. The summed E-state index contributed by atoms with van der Waals surface area (Å²) in [6.45, 7) is 8.22. The monoisotopic (exact) mass is 499 g/mol. The van der Waals surface area contributed by atoms with Gasteiger partial charge in [-0.05, 0) is 51.5 Å². The van der Waals surface area contributed by atoms with Crippen molar-refractivity contribution in [1.29, 1.82) is 0 Å². The molecule has 0 saturated carbocycles. The van der Waals surface area contributed by atoms with Gasteiger partial charge < -0.3 is 10.4 Å². The van der Waals surface area contributed by atoms with Crippen LogP contribution >= 0.6 is 15.9 Å². The highest BCUT2D eigenvalue weighted by atomic mass is 79.9. The minimum Gasteiger partial charge on any atom is -0.493 e. The number of carbonyl (C=O) groups excluding carboxylic acids is 1. The SMILES string of the molecule is CCNC(=O)c1c(O)n(-c2ccccc2Br)c(=O)n(Cc2ccc(C(C)(C)C)cc2)c1=O. The third-order valence-electron chi connectivity index (χ3n) is 5.14. The lowest BCUT2D eigenvalue weighted by Crippen LogP contribution is -2.44. The Labute approximate surface area is 194 Å². The van der Waals surface area contributed by atoms with E-state index >= 15 is 0 Å². The van der Waals surface area contributed by atoms with E-state index in [0.29, 0.717) is 10.2 Å². The van der Waals surface area contributed by atoms with Crippen LogP contribution in [0.5, 0.6) is 5.88 Å². The Hall–Kier alpha value is -3.13. The van der Waals surface area contributed by atoms with Gasteiger partial charge in [-0.2, -0.15) is 0 Å². The molecular formula is C24H26BrN3O4. The number of halogens is 1. The molecule has 0 bridgehead atoms. The number of hydrogen-bond donors (Lipinski definition) is 2. The number of aromatic hydroxyl groups is 1. The molecule has 0 aliphatic rings. The van der Waals surface area contributed by atoms with Crippen LogP contribution in [0, 0.1) is 0 Å². The summed E-state index contributed by atoms with van der Waals surface area (Å²) in [6, 6.07) is 14.4. The van der Waals surface area contributed by atoms with E-state index in [1.165, 1.54) is 0 Å². The first-order chi connectivity index (χ1) is 15.1. The first-order valence-electron chi connectivity index (χ1n) is 10.3. The second-order valence-corrected chi connectivity index (χ2v) is 9.32. The van der Waals surface area contributed by atoms with Gasteiger partial charge in [0.2, 0.25) is 5.88 Å². The fraction of sp³-hybridized carbons (Fsp3) is 0.292. The predicted octanol–water partition coefficient (Wildman–Crippen LogP) is 3.56. The average Bonchev–Trinajstić information content (AvgIpc) is 2.72. The van der Waals surface area contributed by atoms with Crippen molar-refractivity contribution in [2.45, 2.75) is 39.7 Å². The van der Waals surface area contributed by atoms with Crippen LogP contribution in [-0.4, -0.2) is 26.7 Å². The van der Waals surface area contributed by atoms with E-state index in [1.54, 1.807) is 31.2 Å². The van der Waals surface area contributed by atoms with Crippen LogP contribution in [0.3, 0.4) is 0 Å². The highest BCUT2D eigenvalue weighted by Gasteiger charge is 2.25. The Morgan fingerprint density at radius 2 is 1.69 bits per heavy atom. The number of carbonyl (C=O) groups is 1. The first-order valence-corrected chi connectivity index (χ1v) is 11.1. The van der Waals surface area contributed by atoms with Crippen molar-refractivity contribution < 1.29 is 9.90 Å². The van der Waals surface area contributed by atoms with Gasteiger partial charge in [0.15, 0.2) is 5.56 Å². The quantitative estimate of drug-likeness (QED) is 0.561. The van der Waals surface area contributed by atoms with E-state index in [2.05, 4.69) is 42.0 Å². The van der Waals surface area contributed by atoms with Crippen molar-refractivity contribution in [2.24, 2.45) is 0 Å². The molecule has 8 heteroatoms. The lowest BCUT2D eigenvalue weighted by molar-refractivity contribution is 0.0949. The molecule has 32 heavy (non-hydrogen) atoms. The largest absolute Gasteiger partial charge is 0.493 e. The number of hydrogen-bond acceptors (Lipinski definition) is 4. The normalized spacial score (nSPS) is 11.4. The Kier molecular flexibility index (Phi) is 6.74. The highest BCUT2D eigenvalue weighted by molar-refractivity contribution is 9.10. The molecule has 2 N–H and O–H groups in total. The van der Waals surface area contributed by atoms with Crippen molar-refractivity contribution in [3.8, 4) is 11.6 Å². The maximum absolute atomic E-state index is 13.3. The lowest BCUT2D eigenvalue weighted by Gasteiger charge is -2.19. The molecule has 0 aliphatic heterocycles. The lowest BCUT2D eigenvalue weighted by atomic mass is 9.87. The molecule has 0 radical (unpaired) electrons. The maximum atomic E-state index is 13.3. The number of benzene rings is 2. The summed E-state index contributed by atoms with van der Waals surface area (Å²) in [4.78, 5) is 39.1. The van der Waals surface area contributed by atoms with E-state index < -0.39 is 28.6 Å². The number of amides is 1. The van der Waals surface area contributed by atoms with Gasteiger partial charge in [-0.15, -0.1) is 0 Å². The number of para-hydroxylation sites is 1. The second-order valence-electron chi connectivity index (χ2n) is 8.47. The number of nitrogens with one attached hydrogen (secondary N) is 1. The summed E-state index contributed by atoms with van der Waals surface area (Å²) in [7, 11) is 0. The topological polar surface area (TPSA) is 93.3 Å². The molecule has 3 aromatic rings. The third-order valence-corrected chi connectivity index (χ3v) is 5.81. The van der Waals surface area contributed by atoms with Gasteiger partial charge in [0, 0.05) is 11.0 Å². The molecule has 1 amide bonds. The summed E-state index contributed by atoms with van der Waals surface area (Å²) in [5, 5.41) is 13.3. The van der Waals surface area contributed by atoms with Crippen LogP contribution in [0.15, 0.2) is 62.6 Å². The van der Waals surface area contributed by atoms with Gasteiger partial charge in [0.1, 0.15) is 0 Å². The van der Waals surface area contributed by atoms with Crippen LogP contribution in [0.4, 0.5) is 0 Å². The van der Waals surface area contributed by atoms with Gasteiger partial charge in [-0.3, -0.25) is 14.2 Å². The second kappa shape index (κ2) is 9.16. The van der Waals surface area contributed by atoms with Crippen molar-refractivity contribution in [2.75, 3.05) is 6.54 Å². The molecule has 7 nitrogen and oxygen atoms in total. The molecule has 0 unspecified atom stereocenters. The molecular weight excluding hydrogens is 474 g/mol. The summed E-state index contributed by atoms with van der Waals surface area (Å²) >= 11 is 3.37. The summed E-state index contributed by atoms with van der Waals surface area (Å²) in [5.74, 6) is -1.44. The summed E-state index contributed by atoms with van der Waals surface area (Å²) < 4.78 is 2.47. The van der Waals surface area contributed by atoms with Crippen molar-refractivity contribution >= 4 is 21.8 Å². The standard InChI is InChI=1S/C24H26BrN3O4/c1-5-26-20(29)19-21(30)27(14-15-10-12-16(13-11-15)24(2,3)4)23(32)28(22(19)31)18-9-7-6-8-17(18)25/h6-13,31H,5,14H2,1-4H3,(H,26,29). The average molecular weight is 500 g/mol. The molecule has 168 valence electrons. The number of rotatable bonds is 5. The molecule has 0 aliphatic carbocycles. The number of aromatic nitrogens is 2. The van der Waals surface area contributed by atoms with Crippen LogP contribution in [0.2, 0.25) is 0 Å². The zero-order chi connectivity index (χ0) is 23.6. The third kappa shape index (κ3) is 4.55. The van der Waals surface area contributed by atoms with Gasteiger partial charge in [-0.1, -0.05) is 57.2 Å². The molecule has 0 saturated heterocycles. The fourth-order valence-corrected chi connectivity index (χ4v) is 3.83. The Bertz CT molecular complexity index is 1270. The van der Waals surface area contributed by atoms with E-state index in [4.69, 9.17) is 0 Å². The number of nitrogens with zero attached hydrogens (tertiary/aromatic N) is 2. The van der Waals surface area contributed by atoms with Gasteiger partial charge in [0.25, 0.3) is 11.5 Å². The Balaban J connectivity index is 2.24. The molecule has 1 heterocycles. The van der Waals surface area contributed by atoms with E-state index in [-0.39, 0.29) is 18.5 Å². The van der Waals surface area contributed by atoms with Crippen LogP contribution in [-0.2, 0) is 12.0 Å².